The highest BCUT2D eigenvalue weighted by Crippen LogP contribution is 2.33. The Morgan fingerprint density at radius 3 is 1.71 bits per heavy atom. The third kappa shape index (κ3) is 10.7. The summed E-state index contributed by atoms with van der Waals surface area (Å²) in [6, 6.07) is 0. The summed E-state index contributed by atoms with van der Waals surface area (Å²) in [5.74, 6) is 0. The Bertz CT molecular complexity index is 75.8. The van der Waals surface area contributed by atoms with Crippen molar-refractivity contribution in [2.75, 3.05) is 7.11 Å². The Balaban J connectivity index is 0. The van der Waals surface area contributed by atoms with Gasteiger partial charge < -0.3 is 15.9 Å². The maximum atomic E-state index is 9.47. The van der Waals surface area contributed by atoms with Gasteiger partial charge in [0.25, 0.3) is 0 Å². The molecular weight excluding hydrogens is 121 g/mol. The van der Waals surface area contributed by atoms with Crippen LogP contribution in [0.4, 0.5) is 0 Å². The maximum Gasteiger partial charge on any atom is 0.469 e. The lowest BCUT2D eigenvalue weighted by Crippen LogP contribution is -1.76. The molecule has 7 heavy (non-hydrogen) atoms. The van der Waals surface area contributed by atoms with Gasteiger partial charge in [0.05, 0.1) is 0 Å². The molecule has 0 bridgehead atoms. The van der Waals surface area contributed by atoms with Crippen molar-refractivity contribution in [1.82, 2.24) is 6.15 Å². The lowest BCUT2D eigenvalue weighted by atomic mass is 11.8. The lowest BCUT2D eigenvalue weighted by molar-refractivity contribution is 0.235. The van der Waals surface area contributed by atoms with Gasteiger partial charge in [-0.25, -0.2) is 4.57 Å². The fourth-order valence-corrected chi connectivity index (χ4v) is 0. The van der Waals surface area contributed by atoms with Crippen molar-refractivity contribution in [1.29, 1.82) is 0 Å². The first-order valence-electron chi connectivity index (χ1n) is 1.17. The molecular formula is CH8NO4P. The van der Waals surface area contributed by atoms with Crippen LogP contribution < -0.4 is 6.15 Å². The van der Waals surface area contributed by atoms with Crippen molar-refractivity contribution in [3.8, 4) is 0 Å². The van der Waals surface area contributed by atoms with E-state index in [-0.39, 0.29) is 6.15 Å². The number of phosphoric acid groups is 1. The predicted octanol–water partition coefficient (Wildman–Crippen LogP) is -0.113. The number of phosphoric ester groups is 1. The maximum absolute atomic E-state index is 9.47. The summed E-state index contributed by atoms with van der Waals surface area (Å²) >= 11 is 0. The van der Waals surface area contributed by atoms with Gasteiger partial charge in [0.1, 0.15) is 0 Å². The summed E-state index contributed by atoms with van der Waals surface area (Å²) < 4.78 is 13.1. The molecule has 0 saturated heterocycles. The average Bonchev–Trinajstić information content (AvgIpc) is 1.35. The van der Waals surface area contributed by atoms with Crippen LogP contribution in [0.15, 0.2) is 0 Å². The molecule has 0 saturated carbocycles. The predicted molar refractivity (Wildman–Crippen MR) is 24.1 cm³/mol. The van der Waals surface area contributed by atoms with E-state index in [1.165, 1.54) is 0 Å². The van der Waals surface area contributed by atoms with Crippen LogP contribution in [0.1, 0.15) is 0 Å². The van der Waals surface area contributed by atoms with Crippen molar-refractivity contribution < 1.29 is 18.9 Å². The summed E-state index contributed by atoms with van der Waals surface area (Å²) in [7, 11) is -3.20. The fraction of sp³-hybridized carbons (Fsp3) is 1.00. The minimum Gasteiger partial charge on any atom is -0.344 e. The van der Waals surface area contributed by atoms with Crippen LogP contribution in [-0.4, -0.2) is 16.9 Å². The summed E-state index contributed by atoms with van der Waals surface area (Å²) in [4.78, 5) is 15.4. The molecule has 0 heterocycles. The molecule has 0 amide bonds. The van der Waals surface area contributed by atoms with Crippen molar-refractivity contribution in [2.45, 2.75) is 0 Å². The normalized spacial score (nSPS) is 10.1. The van der Waals surface area contributed by atoms with Crippen molar-refractivity contribution in [2.24, 2.45) is 0 Å². The number of hydrogen-bond donors (Lipinski definition) is 3. The van der Waals surface area contributed by atoms with E-state index in [9.17, 15) is 4.57 Å². The number of hydrogen-bond acceptors (Lipinski definition) is 3. The van der Waals surface area contributed by atoms with Crippen LogP contribution in [0.3, 0.4) is 0 Å². The second-order valence-electron chi connectivity index (χ2n) is 0.673. The molecule has 5 nitrogen and oxygen atoms in total. The molecule has 0 atom stereocenters. The van der Waals surface area contributed by atoms with Crippen LogP contribution in [0, 0.1) is 0 Å². The highest BCUT2D eigenvalue weighted by Gasteiger charge is 2.07. The van der Waals surface area contributed by atoms with Gasteiger partial charge in [0.15, 0.2) is 0 Å². The van der Waals surface area contributed by atoms with Crippen LogP contribution in [0.25, 0.3) is 0 Å². The molecule has 0 aromatic carbocycles. The van der Waals surface area contributed by atoms with Gasteiger partial charge in [0, 0.05) is 7.11 Å². The quantitative estimate of drug-likeness (QED) is 0.428. The largest absolute Gasteiger partial charge is 0.469 e. The van der Waals surface area contributed by atoms with E-state index in [1.54, 1.807) is 0 Å². The monoisotopic (exact) mass is 129 g/mol. The van der Waals surface area contributed by atoms with E-state index in [1.807, 2.05) is 0 Å². The van der Waals surface area contributed by atoms with Crippen LogP contribution in [0.2, 0.25) is 0 Å². The molecule has 0 aromatic rings. The minimum atomic E-state index is -4.15. The topological polar surface area (TPSA) is 102 Å². The summed E-state index contributed by atoms with van der Waals surface area (Å²) in [6.45, 7) is 0. The van der Waals surface area contributed by atoms with Crippen molar-refractivity contribution >= 4 is 7.82 Å². The van der Waals surface area contributed by atoms with Gasteiger partial charge in [0.2, 0.25) is 0 Å². The minimum absolute atomic E-state index is 0. The van der Waals surface area contributed by atoms with E-state index in [0.717, 1.165) is 7.11 Å². The Kier molecular flexibility index (Phi) is 4.52. The van der Waals surface area contributed by atoms with E-state index in [2.05, 4.69) is 4.52 Å². The first kappa shape index (κ1) is 10.1. The Morgan fingerprint density at radius 2 is 1.71 bits per heavy atom. The van der Waals surface area contributed by atoms with E-state index < -0.39 is 7.82 Å². The van der Waals surface area contributed by atoms with Crippen LogP contribution in [0.5, 0.6) is 0 Å². The highest BCUT2D eigenvalue weighted by molar-refractivity contribution is 7.46. The average molecular weight is 129 g/mol. The van der Waals surface area contributed by atoms with Crippen LogP contribution in [-0.2, 0) is 9.09 Å². The zero-order chi connectivity index (χ0) is 5.21. The van der Waals surface area contributed by atoms with E-state index in [0.29, 0.717) is 0 Å². The van der Waals surface area contributed by atoms with Gasteiger partial charge >= 0.3 is 7.82 Å². The van der Waals surface area contributed by atoms with E-state index in [4.69, 9.17) is 9.79 Å². The highest BCUT2D eigenvalue weighted by atomic mass is 31.2. The molecule has 46 valence electrons. The zero-order valence-corrected chi connectivity index (χ0v) is 4.76. The third-order valence-corrected chi connectivity index (χ3v) is 0.714. The van der Waals surface area contributed by atoms with Crippen molar-refractivity contribution in [3.05, 3.63) is 0 Å². The standard InChI is InChI=1S/CH5O4P.H3N/c1-5-6(2,3)4;/h1H3,(H2,2,3,4);1H3. The number of rotatable bonds is 1. The second-order valence-corrected chi connectivity index (χ2v) is 2.02. The molecule has 0 aliphatic carbocycles. The first-order valence-corrected chi connectivity index (χ1v) is 2.70. The summed E-state index contributed by atoms with van der Waals surface area (Å²) in [5.41, 5.74) is 0. The summed E-state index contributed by atoms with van der Waals surface area (Å²) in [6.07, 6.45) is 0. The molecule has 0 aromatic heterocycles. The molecule has 0 aliphatic rings. The SMILES string of the molecule is COP(=O)(O)O.N. The van der Waals surface area contributed by atoms with Gasteiger partial charge in [-0.1, -0.05) is 0 Å². The molecule has 0 spiro atoms. The van der Waals surface area contributed by atoms with Gasteiger partial charge in [-0.3, -0.25) is 4.52 Å². The first-order chi connectivity index (χ1) is 2.56. The fourth-order valence-electron chi connectivity index (χ4n) is 0. The Hall–Kier alpha value is 0.0700. The lowest BCUT2D eigenvalue weighted by Gasteiger charge is -1.93. The smallest absolute Gasteiger partial charge is 0.344 e. The zero-order valence-electron chi connectivity index (χ0n) is 3.87. The molecule has 0 aliphatic heterocycles. The Labute approximate surface area is 41.1 Å². The van der Waals surface area contributed by atoms with Crippen molar-refractivity contribution in [3.63, 3.8) is 0 Å². The van der Waals surface area contributed by atoms with Gasteiger partial charge in [-0.2, -0.15) is 0 Å². The molecule has 5 N–H and O–H groups in total. The Morgan fingerprint density at radius 1 is 1.57 bits per heavy atom. The molecule has 0 rings (SSSR count). The molecule has 0 fully saturated rings. The molecule has 0 radical (unpaired) electrons. The van der Waals surface area contributed by atoms with Crippen LogP contribution >= 0.6 is 7.82 Å². The van der Waals surface area contributed by atoms with Gasteiger partial charge in [-0.15, -0.1) is 0 Å². The molecule has 6 heteroatoms. The third-order valence-electron chi connectivity index (χ3n) is 0.238. The van der Waals surface area contributed by atoms with E-state index >= 15 is 0 Å². The molecule has 0 unspecified atom stereocenters. The van der Waals surface area contributed by atoms with Gasteiger partial charge in [-0.05, 0) is 0 Å². The summed E-state index contributed by atoms with van der Waals surface area (Å²) in [5, 5.41) is 0. The second kappa shape index (κ2) is 3.12.